The second-order valence-electron chi connectivity index (χ2n) is 10.1. The molecule has 2 aromatic heterocycles. The normalized spacial score (nSPS) is 9.71. The van der Waals surface area contributed by atoms with Gasteiger partial charge in [0.15, 0.2) is 0 Å². The Kier molecular flexibility index (Phi) is 12.7. The number of nitriles is 2. The van der Waals surface area contributed by atoms with E-state index in [0.717, 1.165) is 26.2 Å². The van der Waals surface area contributed by atoms with Crippen LogP contribution in [0.3, 0.4) is 0 Å². The predicted molar refractivity (Wildman–Crippen MR) is 195 cm³/mol. The van der Waals surface area contributed by atoms with Crippen LogP contribution in [0.2, 0.25) is 10.0 Å². The summed E-state index contributed by atoms with van der Waals surface area (Å²) in [6.45, 7) is 3.72. The maximum atomic E-state index is 13.6. The van der Waals surface area contributed by atoms with Crippen LogP contribution in [0, 0.1) is 76.0 Å². The summed E-state index contributed by atoms with van der Waals surface area (Å²) in [5.41, 5.74) is 5.44. The predicted octanol–water partition coefficient (Wildman–Crippen LogP) is 9.36. The highest BCUT2D eigenvalue weighted by atomic mass is 127. The fraction of sp³-hybridized carbons (Fsp3) is 0.0526. The topological polar surface area (TPSA) is 83.2 Å². The van der Waals surface area contributed by atoms with E-state index in [1.165, 1.54) is 24.3 Å². The molecule has 0 unspecified atom stereocenters. The van der Waals surface area contributed by atoms with E-state index in [1.807, 2.05) is 56.3 Å². The van der Waals surface area contributed by atoms with Crippen molar-refractivity contribution in [3.05, 3.63) is 162 Å². The molecule has 0 aliphatic heterocycles. The Morgan fingerprint density at radius 3 is 1.63 bits per heavy atom. The van der Waals surface area contributed by atoms with E-state index in [0.29, 0.717) is 32.7 Å². The van der Waals surface area contributed by atoms with Gasteiger partial charge < -0.3 is 0 Å². The van der Waals surface area contributed by atoms with Crippen LogP contribution in [0.15, 0.2) is 97.1 Å². The summed E-state index contributed by atoms with van der Waals surface area (Å²) < 4.78 is 30.9. The zero-order valence-electron chi connectivity index (χ0n) is 25.9. The lowest BCUT2D eigenvalue weighted by Crippen LogP contribution is -2.00. The van der Waals surface area contributed by atoms with Crippen molar-refractivity contribution in [2.75, 3.05) is 0 Å². The van der Waals surface area contributed by atoms with Gasteiger partial charge in [-0.1, -0.05) is 47.2 Å². The van der Waals surface area contributed by atoms with Crippen LogP contribution in [0.25, 0.3) is 11.4 Å². The zero-order valence-corrected chi connectivity index (χ0v) is 29.6. The summed E-state index contributed by atoms with van der Waals surface area (Å²) in [7, 11) is 0. The molecule has 6 rings (SSSR count). The molecule has 0 aliphatic rings. The lowest BCUT2D eigenvalue weighted by Gasteiger charge is -2.04. The first-order valence-corrected chi connectivity index (χ1v) is 16.0. The van der Waals surface area contributed by atoms with E-state index in [2.05, 4.69) is 50.5 Å². The van der Waals surface area contributed by atoms with Gasteiger partial charge in [-0.3, -0.25) is 0 Å². The highest BCUT2D eigenvalue weighted by Gasteiger charge is 2.09. The summed E-state index contributed by atoms with van der Waals surface area (Å²) in [5.74, 6) is 7.52. The van der Waals surface area contributed by atoms with Crippen LogP contribution >= 0.6 is 45.8 Å². The van der Waals surface area contributed by atoms with Gasteiger partial charge in [0.2, 0.25) is 0 Å². The first-order chi connectivity index (χ1) is 23.5. The highest BCUT2D eigenvalue weighted by molar-refractivity contribution is 14.1. The third-order valence-electron chi connectivity index (χ3n) is 6.41. The number of nitrogens with zero attached hydrogens (tertiary/aromatic N) is 6. The average Bonchev–Trinajstić information content (AvgIpc) is 3.63. The second-order valence-corrected chi connectivity index (χ2v) is 12.1. The minimum absolute atomic E-state index is 0.242. The van der Waals surface area contributed by atoms with Crippen molar-refractivity contribution in [2.24, 2.45) is 0 Å². The molecule has 0 radical (unpaired) electrons. The maximum absolute atomic E-state index is 13.6. The number of benzene rings is 4. The molecule has 11 heteroatoms. The minimum atomic E-state index is -0.481. The Morgan fingerprint density at radius 1 is 0.653 bits per heavy atom. The van der Waals surface area contributed by atoms with E-state index in [9.17, 15) is 8.78 Å². The van der Waals surface area contributed by atoms with Gasteiger partial charge in [0, 0.05) is 32.6 Å². The summed E-state index contributed by atoms with van der Waals surface area (Å²) >= 11 is 13.6. The molecule has 0 saturated carbocycles. The van der Waals surface area contributed by atoms with Crippen LogP contribution in [-0.4, -0.2) is 19.6 Å². The Labute approximate surface area is 306 Å². The molecule has 6 aromatic rings. The molecule has 0 amide bonds. The largest absolute Gasteiger partial charge is 0.237 e. The molecule has 0 N–H and O–H groups in total. The Morgan fingerprint density at radius 2 is 1.16 bits per heavy atom. The van der Waals surface area contributed by atoms with Gasteiger partial charge in [-0.15, -0.1) is 6.42 Å². The smallest absolute Gasteiger partial charge is 0.136 e. The maximum Gasteiger partial charge on any atom is 0.136 e. The molecule has 0 spiro atoms. The van der Waals surface area contributed by atoms with Gasteiger partial charge >= 0.3 is 0 Å². The molecule has 0 saturated heterocycles. The lowest BCUT2D eigenvalue weighted by molar-refractivity contribution is 0.624. The SMILES string of the molecule is C#Cc1cccc(Cl)c1.Cc1cc(C#Cc2cccc(Cl)c2)nn1-c1cc(F)cc(C#N)c1.Cc1cc(I)nn1-c1cc(F)cc(C#N)c1. The van der Waals surface area contributed by atoms with E-state index in [-0.39, 0.29) is 5.56 Å². The van der Waals surface area contributed by atoms with Gasteiger partial charge in [-0.2, -0.15) is 20.7 Å². The molecule has 0 aliphatic carbocycles. The zero-order chi connectivity index (χ0) is 35.5. The van der Waals surface area contributed by atoms with Crippen molar-refractivity contribution in [2.45, 2.75) is 13.8 Å². The van der Waals surface area contributed by atoms with Crippen LogP contribution in [0.5, 0.6) is 0 Å². The summed E-state index contributed by atoms with van der Waals surface area (Å²) in [4.78, 5) is 0. The molecule has 4 aromatic carbocycles. The Bertz CT molecular complexity index is 2330. The van der Waals surface area contributed by atoms with E-state index in [4.69, 9.17) is 40.1 Å². The fourth-order valence-electron chi connectivity index (χ4n) is 4.30. The number of terminal acetylenes is 1. The van der Waals surface area contributed by atoms with Crippen molar-refractivity contribution in [1.29, 1.82) is 10.5 Å². The van der Waals surface area contributed by atoms with Crippen molar-refractivity contribution in [3.63, 3.8) is 0 Å². The first kappa shape index (κ1) is 36.4. The molecule has 49 heavy (non-hydrogen) atoms. The van der Waals surface area contributed by atoms with Gasteiger partial charge in [0.05, 0.1) is 34.6 Å². The molecule has 2 heterocycles. The standard InChI is InChI=1S/C19H11ClFN3.C11H7FIN3.C8H5Cl/c1-13-7-18(6-5-14-3-2-4-16(20)8-14)23-24(13)19-10-15(12-22)9-17(21)11-19;1-7-2-11(13)15-16(7)10-4-8(6-14)3-9(12)5-10;1-2-7-4-3-5-8(9)6-7/h2-4,7-11H,1H3;2-5H,1H3;1,3-6H. The number of halogens is 5. The van der Waals surface area contributed by atoms with Crippen molar-refractivity contribution >= 4 is 45.8 Å². The van der Waals surface area contributed by atoms with E-state index < -0.39 is 11.6 Å². The van der Waals surface area contributed by atoms with Crippen LogP contribution < -0.4 is 0 Å². The van der Waals surface area contributed by atoms with Crippen molar-refractivity contribution < 1.29 is 8.78 Å². The number of aromatic nitrogens is 4. The monoisotopic (exact) mass is 798 g/mol. The minimum Gasteiger partial charge on any atom is -0.237 e. The molecule has 6 nitrogen and oxygen atoms in total. The second kappa shape index (κ2) is 17.1. The summed E-state index contributed by atoms with van der Waals surface area (Å²) in [6.07, 6.45) is 5.11. The van der Waals surface area contributed by atoms with Crippen LogP contribution in [0.1, 0.15) is 39.3 Å². The van der Waals surface area contributed by atoms with E-state index >= 15 is 0 Å². The third-order valence-corrected chi connectivity index (χ3v) is 7.41. The molecule has 0 atom stereocenters. The first-order valence-electron chi connectivity index (χ1n) is 14.2. The molecular formula is C38H23Cl2F2IN6. The number of rotatable bonds is 2. The number of hydrogen-bond acceptors (Lipinski definition) is 4. The van der Waals surface area contributed by atoms with E-state index in [1.54, 1.807) is 51.8 Å². The van der Waals surface area contributed by atoms with Gasteiger partial charge in [-0.25, -0.2) is 18.1 Å². The van der Waals surface area contributed by atoms with Gasteiger partial charge in [0.25, 0.3) is 0 Å². The van der Waals surface area contributed by atoms with Gasteiger partial charge in [-0.05, 0) is 127 Å². The van der Waals surface area contributed by atoms with Crippen molar-refractivity contribution in [3.8, 4) is 47.7 Å². The molecular weight excluding hydrogens is 776 g/mol. The average molecular weight is 799 g/mol. The Balaban J connectivity index is 0.000000185. The van der Waals surface area contributed by atoms with Crippen molar-refractivity contribution in [1.82, 2.24) is 19.6 Å². The molecule has 240 valence electrons. The molecule has 0 bridgehead atoms. The Hall–Kier alpha value is -5.43. The van der Waals surface area contributed by atoms with Gasteiger partial charge in [0.1, 0.15) is 21.0 Å². The lowest BCUT2D eigenvalue weighted by atomic mass is 10.2. The number of aryl methyl sites for hydroxylation is 2. The van der Waals surface area contributed by atoms with Crippen LogP contribution in [0.4, 0.5) is 8.78 Å². The highest BCUT2D eigenvalue weighted by Crippen LogP contribution is 2.18. The summed E-state index contributed by atoms with van der Waals surface area (Å²) in [6, 6.07) is 30.2. The third kappa shape index (κ3) is 10.5. The van der Waals surface area contributed by atoms with Crippen LogP contribution in [-0.2, 0) is 0 Å². The fourth-order valence-corrected chi connectivity index (χ4v) is 5.34. The number of hydrogen-bond donors (Lipinski definition) is 0. The molecule has 0 fully saturated rings. The summed E-state index contributed by atoms with van der Waals surface area (Å²) in [5, 5.41) is 27.6. The quantitative estimate of drug-likeness (QED) is 0.129.